The van der Waals surface area contributed by atoms with Gasteiger partial charge in [0, 0.05) is 35.6 Å². The van der Waals surface area contributed by atoms with Crippen molar-refractivity contribution in [2.45, 2.75) is 19.7 Å². The predicted octanol–water partition coefficient (Wildman–Crippen LogP) is 6.14. The molecule has 0 bridgehead atoms. The summed E-state index contributed by atoms with van der Waals surface area (Å²) in [5, 5.41) is 15.2. The van der Waals surface area contributed by atoms with Gasteiger partial charge in [-0.3, -0.25) is 19.6 Å². The SMILES string of the molecule is CC(=NCC(=O)c1ccc(C(=O)NCCc2ccncc2)s1)c1csc(-c2ccc(OC(F)(F)F)cc2)c1O. The molecule has 3 aromatic heterocycles. The highest BCUT2D eigenvalue weighted by molar-refractivity contribution is 7.16. The molecule has 0 saturated carbocycles. The Balaban J connectivity index is 1.34. The van der Waals surface area contributed by atoms with Crippen molar-refractivity contribution in [3.05, 3.63) is 87.2 Å². The van der Waals surface area contributed by atoms with E-state index in [1.54, 1.807) is 36.8 Å². The lowest BCUT2D eigenvalue weighted by atomic mass is 10.1. The van der Waals surface area contributed by atoms with Crippen LogP contribution < -0.4 is 10.1 Å². The molecular weight excluding hydrogens is 551 g/mol. The minimum Gasteiger partial charge on any atom is -0.506 e. The maximum Gasteiger partial charge on any atom is 0.573 e. The molecule has 1 amide bonds. The molecule has 0 fully saturated rings. The second-order valence-electron chi connectivity index (χ2n) is 8.25. The van der Waals surface area contributed by atoms with Gasteiger partial charge in [0.2, 0.25) is 0 Å². The van der Waals surface area contributed by atoms with Crippen molar-refractivity contribution in [1.82, 2.24) is 10.3 Å². The minimum atomic E-state index is -4.79. The molecule has 7 nitrogen and oxygen atoms in total. The number of rotatable bonds is 10. The van der Waals surface area contributed by atoms with Crippen LogP contribution in [0.4, 0.5) is 13.2 Å². The molecule has 39 heavy (non-hydrogen) atoms. The molecular formula is C27H22F3N3O4S2. The number of ketones is 1. The van der Waals surface area contributed by atoms with Crippen LogP contribution in [0.15, 0.2) is 71.3 Å². The van der Waals surface area contributed by atoms with Crippen LogP contribution in [0.1, 0.15) is 37.4 Å². The van der Waals surface area contributed by atoms with Crippen molar-refractivity contribution < 1.29 is 32.6 Å². The van der Waals surface area contributed by atoms with Gasteiger partial charge in [0.25, 0.3) is 5.91 Å². The summed E-state index contributed by atoms with van der Waals surface area (Å²) in [5.74, 6) is -0.982. The molecule has 2 N–H and O–H groups in total. The number of Topliss-reactive ketones (excluding diaryl/α,β-unsaturated/α-hetero) is 1. The number of pyridine rings is 1. The Labute approximate surface area is 229 Å². The van der Waals surface area contributed by atoms with Crippen LogP contribution >= 0.6 is 22.7 Å². The summed E-state index contributed by atoms with van der Waals surface area (Å²) in [5.41, 5.74) is 2.40. The number of aromatic nitrogens is 1. The normalized spacial score (nSPS) is 11.8. The molecule has 0 spiro atoms. The van der Waals surface area contributed by atoms with Crippen LogP contribution in [-0.2, 0) is 6.42 Å². The zero-order valence-corrected chi connectivity index (χ0v) is 22.1. The minimum absolute atomic E-state index is 0.0833. The summed E-state index contributed by atoms with van der Waals surface area (Å²) in [7, 11) is 0. The summed E-state index contributed by atoms with van der Waals surface area (Å²) in [6.45, 7) is 1.92. The quantitative estimate of drug-likeness (QED) is 0.175. The second kappa shape index (κ2) is 12.2. The molecule has 0 aliphatic heterocycles. The number of hydrogen-bond donors (Lipinski definition) is 2. The highest BCUT2D eigenvalue weighted by Crippen LogP contribution is 2.39. The third-order valence-corrected chi connectivity index (χ3v) is 7.66. The number of ether oxygens (including phenoxy) is 1. The molecule has 12 heteroatoms. The van der Waals surface area contributed by atoms with E-state index in [4.69, 9.17) is 0 Å². The first-order chi connectivity index (χ1) is 18.6. The highest BCUT2D eigenvalue weighted by atomic mass is 32.1. The van der Waals surface area contributed by atoms with E-state index in [2.05, 4.69) is 20.0 Å². The molecule has 0 atom stereocenters. The van der Waals surface area contributed by atoms with Gasteiger partial charge in [0.05, 0.1) is 14.6 Å². The highest BCUT2D eigenvalue weighted by Gasteiger charge is 2.31. The number of aromatic hydroxyl groups is 1. The predicted molar refractivity (Wildman–Crippen MR) is 144 cm³/mol. The van der Waals surface area contributed by atoms with E-state index >= 15 is 0 Å². The summed E-state index contributed by atoms with van der Waals surface area (Å²) in [6, 6.07) is 12.1. The Kier molecular flexibility index (Phi) is 8.77. The molecule has 202 valence electrons. The van der Waals surface area contributed by atoms with Crippen molar-refractivity contribution >= 4 is 40.1 Å². The fourth-order valence-corrected chi connectivity index (χ4v) is 5.41. The number of carbonyl (C=O) groups is 2. The van der Waals surface area contributed by atoms with Gasteiger partial charge in [0.15, 0.2) is 5.78 Å². The molecule has 0 aliphatic rings. The molecule has 0 aliphatic carbocycles. The van der Waals surface area contributed by atoms with Crippen LogP contribution in [0.3, 0.4) is 0 Å². The van der Waals surface area contributed by atoms with Crippen molar-refractivity contribution in [3.8, 4) is 21.9 Å². The number of hydrogen-bond acceptors (Lipinski definition) is 8. The van der Waals surface area contributed by atoms with Gasteiger partial charge in [-0.15, -0.1) is 35.8 Å². The Morgan fingerprint density at radius 2 is 1.74 bits per heavy atom. The number of aliphatic imine (C=N–C) groups is 1. The fourth-order valence-electron chi connectivity index (χ4n) is 3.54. The van der Waals surface area contributed by atoms with Gasteiger partial charge in [-0.05, 0) is 73.0 Å². The summed E-state index contributed by atoms with van der Waals surface area (Å²) < 4.78 is 41.0. The van der Waals surface area contributed by atoms with E-state index in [9.17, 15) is 27.9 Å². The van der Waals surface area contributed by atoms with E-state index < -0.39 is 6.36 Å². The third kappa shape index (κ3) is 7.52. The van der Waals surface area contributed by atoms with Crippen molar-refractivity contribution in [2.75, 3.05) is 13.1 Å². The third-order valence-electron chi connectivity index (χ3n) is 5.52. The lowest BCUT2D eigenvalue weighted by molar-refractivity contribution is -0.274. The summed E-state index contributed by atoms with van der Waals surface area (Å²) in [4.78, 5) is 34.6. The largest absolute Gasteiger partial charge is 0.573 e. The number of amides is 1. The number of carbonyl (C=O) groups excluding carboxylic acids is 2. The first-order valence-corrected chi connectivity index (χ1v) is 13.3. The second-order valence-corrected chi connectivity index (χ2v) is 10.2. The van der Waals surface area contributed by atoms with E-state index in [0.717, 1.165) is 29.0 Å². The summed E-state index contributed by atoms with van der Waals surface area (Å²) in [6.07, 6.45) is -0.747. The Morgan fingerprint density at radius 1 is 1.05 bits per heavy atom. The molecule has 0 radical (unpaired) electrons. The molecule has 0 unspecified atom stereocenters. The monoisotopic (exact) mass is 573 g/mol. The van der Waals surface area contributed by atoms with Gasteiger partial charge in [-0.2, -0.15) is 0 Å². The molecule has 3 heterocycles. The van der Waals surface area contributed by atoms with E-state index in [1.807, 2.05) is 12.1 Å². The fraction of sp³-hybridized carbons (Fsp3) is 0.185. The van der Waals surface area contributed by atoms with Crippen molar-refractivity contribution in [1.29, 1.82) is 0 Å². The van der Waals surface area contributed by atoms with Crippen LogP contribution in [0.2, 0.25) is 0 Å². The first-order valence-electron chi connectivity index (χ1n) is 11.6. The van der Waals surface area contributed by atoms with Crippen molar-refractivity contribution in [3.63, 3.8) is 0 Å². The average molecular weight is 574 g/mol. The van der Waals surface area contributed by atoms with Crippen molar-refractivity contribution in [2.24, 2.45) is 4.99 Å². The molecule has 4 aromatic rings. The smallest absolute Gasteiger partial charge is 0.506 e. The molecule has 4 rings (SSSR count). The summed E-state index contributed by atoms with van der Waals surface area (Å²) >= 11 is 2.28. The first kappa shape index (κ1) is 28.0. The number of nitrogens with one attached hydrogen (secondary N) is 1. The zero-order chi connectivity index (χ0) is 28.0. The average Bonchev–Trinajstić information content (AvgIpc) is 3.55. The lowest BCUT2D eigenvalue weighted by Crippen LogP contribution is -2.24. The number of halogens is 3. The van der Waals surface area contributed by atoms with Gasteiger partial charge < -0.3 is 15.2 Å². The molecule has 1 aromatic carbocycles. The number of alkyl halides is 3. The van der Waals surface area contributed by atoms with Crippen LogP contribution in [-0.4, -0.2) is 46.9 Å². The van der Waals surface area contributed by atoms with Crippen LogP contribution in [0.25, 0.3) is 10.4 Å². The van der Waals surface area contributed by atoms with E-state index in [-0.39, 0.29) is 29.7 Å². The van der Waals surface area contributed by atoms with Crippen LogP contribution in [0, 0.1) is 0 Å². The van der Waals surface area contributed by atoms with Gasteiger partial charge in [0.1, 0.15) is 18.0 Å². The van der Waals surface area contributed by atoms with Gasteiger partial charge >= 0.3 is 6.36 Å². The van der Waals surface area contributed by atoms with Gasteiger partial charge in [-0.1, -0.05) is 0 Å². The number of thiophene rings is 2. The zero-order valence-electron chi connectivity index (χ0n) is 20.5. The van der Waals surface area contributed by atoms with Crippen LogP contribution in [0.5, 0.6) is 11.5 Å². The number of nitrogens with zero attached hydrogens (tertiary/aromatic N) is 2. The Hall–Kier alpha value is -4.03. The molecule has 0 saturated heterocycles. The lowest BCUT2D eigenvalue weighted by Gasteiger charge is -2.09. The van der Waals surface area contributed by atoms with E-state index in [0.29, 0.717) is 44.4 Å². The number of benzene rings is 1. The maximum atomic E-state index is 12.7. The maximum absolute atomic E-state index is 12.7. The van der Waals surface area contributed by atoms with Gasteiger partial charge in [-0.25, -0.2) is 0 Å². The Bertz CT molecular complexity index is 1480. The standard InChI is InChI=1S/C27H22F3N3O4S2/c1-16(20-15-38-25(24(20)35)18-2-4-19(5-3-18)37-27(28,29)30)33-14-21(34)22-6-7-23(39-22)26(36)32-13-10-17-8-11-31-12-9-17/h2-9,11-12,15,35H,10,13-14H2,1H3,(H,32,36). The van der Waals surface area contributed by atoms with E-state index in [1.165, 1.54) is 23.5 Å². The Morgan fingerprint density at radius 3 is 2.44 bits per heavy atom. The topological polar surface area (TPSA) is 101 Å².